The Labute approximate surface area is 184 Å². The Morgan fingerprint density at radius 3 is 1.88 bits per heavy atom. The zero-order valence-electron chi connectivity index (χ0n) is 16.7. The number of hydrogen-bond donors (Lipinski definition) is 2. The molecule has 0 unspecified atom stereocenters. The predicted octanol–water partition coefficient (Wildman–Crippen LogP) is 7.17. The highest BCUT2D eigenvalue weighted by atomic mass is 19.4. The number of anilines is 2. The summed E-state index contributed by atoms with van der Waals surface area (Å²) in [5.74, 6) is 0. The zero-order valence-corrected chi connectivity index (χ0v) is 16.7. The molecule has 2 heterocycles. The standard InChI is InChI=1S/C24H15F6N3/c25-23(26,27)18-8-5-13-31-21(18)16-11-12-17(15-7-2-1-6-14(15)16)22(24(28,29)30)32-19-9-3-4-10-20(19)33-22/h1-13,32-33H. The molecule has 1 aliphatic heterocycles. The molecule has 0 atom stereocenters. The average molecular weight is 459 g/mol. The van der Waals surface area contributed by atoms with Gasteiger partial charge in [-0.15, -0.1) is 0 Å². The lowest BCUT2D eigenvalue weighted by Crippen LogP contribution is -2.52. The van der Waals surface area contributed by atoms with Crippen LogP contribution in [-0.2, 0) is 11.8 Å². The van der Waals surface area contributed by atoms with Gasteiger partial charge in [0.1, 0.15) is 0 Å². The molecule has 4 aromatic rings. The van der Waals surface area contributed by atoms with Gasteiger partial charge in [-0.25, -0.2) is 0 Å². The highest BCUT2D eigenvalue weighted by molar-refractivity contribution is 6.00. The molecule has 0 amide bonds. The Morgan fingerprint density at radius 1 is 0.667 bits per heavy atom. The fraction of sp³-hybridized carbons (Fsp3) is 0.125. The van der Waals surface area contributed by atoms with Gasteiger partial charge >= 0.3 is 12.4 Å². The summed E-state index contributed by atoms with van der Waals surface area (Å²) in [6.07, 6.45) is -8.23. The van der Waals surface area contributed by atoms with Crippen LogP contribution in [0.2, 0.25) is 0 Å². The summed E-state index contributed by atoms with van der Waals surface area (Å²) in [5.41, 5.74) is -3.49. The quantitative estimate of drug-likeness (QED) is 0.312. The normalized spacial score (nSPS) is 15.1. The molecule has 0 saturated carbocycles. The molecule has 5 rings (SSSR count). The van der Waals surface area contributed by atoms with E-state index in [0.29, 0.717) is 0 Å². The summed E-state index contributed by atoms with van der Waals surface area (Å²) in [4.78, 5) is 3.92. The molecule has 168 valence electrons. The third-order valence-corrected chi connectivity index (χ3v) is 5.69. The molecular weight excluding hydrogens is 444 g/mol. The molecule has 0 fully saturated rings. The van der Waals surface area contributed by atoms with E-state index in [0.717, 1.165) is 6.07 Å². The summed E-state index contributed by atoms with van der Waals surface area (Å²) in [6, 6.07) is 16.9. The van der Waals surface area contributed by atoms with Gasteiger partial charge in [0.15, 0.2) is 0 Å². The van der Waals surface area contributed by atoms with E-state index >= 15 is 0 Å². The summed E-state index contributed by atoms with van der Waals surface area (Å²) in [7, 11) is 0. The van der Waals surface area contributed by atoms with Crippen molar-refractivity contribution in [3.63, 3.8) is 0 Å². The number of alkyl halides is 6. The molecule has 2 N–H and O–H groups in total. The van der Waals surface area contributed by atoms with Crippen LogP contribution in [0.25, 0.3) is 22.0 Å². The van der Waals surface area contributed by atoms with Crippen LogP contribution in [-0.4, -0.2) is 11.2 Å². The van der Waals surface area contributed by atoms with E-state index in [1.165, 1.54) is 48.7 Å². The molecule has 0 radical (unpaired) electrons. The second-order valence-corrected chi connectivity index (χ2v) is 7.65. The van der Waals surface area contributed by atoms with Crippen molar-refractivity contribution in [2.24, 2.45) is 0 Å². The zero-order chi connectivity index (χ0) is 23.4. The average Bonchev–Trinajstić information content (AvgIpc) is 3.19. The first kappa shape index (κ1) is 21.1. The Balaban J connectivity index is 1.77. The summed E-state index contributed by atoms with van der Waals surface area (Å²) in [6.45, 7) is 0. The number of hydrogen-bond acceptors (Lipinski definition) is 3. The van der Waals surface area contributed by atoms with Gasteiger partial charge in [-0.2, -0.15) is 26.3 Å². The number of fused-ring (bicyclic) bond motifs is 2. The van der Waals surface area contributed by atoms with Gasteiger partial charge in [-0.1, -0.05) is 48.5 Å². The van der Waals surface area contributed by atoms with Gasteiger partial charge in [0.25, 0.3) is 0 Å². The van der Waals surface area contributed by atoms with E-state index < -0.39 is 23.6 Å². The van der Waals surface area contributed by atoms with Gasteiger partial charge in [-0.3, -0.25) is 4.98 Å². The molecule has 0 spiro atoms. The van der Waals surface area contributed by atoms with Crippen molar-refractivity contribution < 1.29 is 26.3 Å². The van der Waals surface area contributed by atoms with E-state index in [9.17, 15) is 26.3 Å². The number of rotatable bonds is 2. The van der Waals surface area contributed by atoms with E-state index in [1.807, 2.05) is 0 Å². The van der Waals surface area contributed by atoms with Crippen molar-refractivity contribution in [2.75, 3.05) is 10.6 Å². The van der Waals surface area contributed by atoms with Gasteiger partial charge < -0.3 is 10.6 Å². The Morgan fingerprint density at radius 2 is 1.27 bits per heavy atom. The van der Waals surface area contributed by atoms with Crippen LogP contribution < -0.4 is 10.6 Å². The molecule has 0 aliphatic carbocycles. The van der Waals surface area contributed by atoms with Crippen LogP contribution >= 0.6 is 0 Å². The Bertz CT molecular complexity index is 1340. The van der Waals surface area contributed by atoms with Crippen LogP contribution in [0.15, 0.2) is 79.0 Å². The third kappa shape index (κ3) is 3.26. The fourth-order valence-corrected chi connectivity index (χ4v) is 4.25. The largest absolute Gasteiger partial charge is 0.434 e. The van der Waals surface area contributed by atoms with Crippen molar-refractivity contribution in [3.8, 4) is 11.3 Å². The van der Waals surface area contributed by atoms with E-state index in [-0.39, 0.29) is 39.0 Å². The predicted molar refractivity (Wildman–Crippen MR) is 114 cm³/mol. The summed E-state index contributed by atoms with van der Waals surface area (Å²) in [5, 5.41) is 5.50. The lowest BCUT2D eigenvalue weighted by Gasteiger charge is -2.34. The SMILES string of the molecule is FC(F)(F)c1cccnc1-c1ccc(C2(C(F)(F)F)Nc3ccccc3N2)c2ccccc12. The number of para-hydroxylation sites is 2. The lowest BCUT2D eigenvalue weighted by molar-refractivity contribution is -0.172. The number of aromatic nitrogens is 1. The van der Waals surface area contributed by atoms with Crippen molar-refractivity contribution >= 4 is 22.1 Å². The number of benzene rings is 3. The first-order valence-corrected chi connectivity index (χ1v) is 9.89. The van der Waals surface area contributed by atoms with Crippen LogP contribution in [0.4, 0.5) is 37.7 Å². The number of pyridine rings is 1. The second kappa shape index (κ2) is 7.13. The minimum atomic E-state index is -4.78. The van der Waals surface area contributed by atoms with Crippen LogP contribution in [0.5, 0.6) is 0 Å². The van der Waals surface area contributed by atoms with E-state index in [1.54, 1.807) is 24.3 Å². The smallest absolute Gasteiger partial charge is 0.350 e. The monoisotopic (exact) mass is 459 g/mol. The van der Waals surface area contributed by atoms with Crippen LogP contribution in [0.1, 0.15) is 11.1 Å². The van der Waals surface area contributed by atoms with Gasteiger partial charge in [0, 0.05) is 17.3 Å². The van der Waals surface area contributed by atoms with E-state index in [4.69, 9.17) is 0 Å². The second-order valence-electron chi connectivity index (χ2n) is 7.65. The molecule has 9 heteroatoms. The Kier molecular flexibility index (Phi) is 4.56. The third-order valence-electron chi connectivity index (χ3n) is 5.69. The highest BCUT2D eigenvalue weighted by Crippen LogP contribution is 2.51. The molecule has 33 heavy (non-hydrogen) atoms. The topological polar surface area (TPSA) is 37.0 Å². The first-order valence-electron chi connectivity index (χ1n) is 9.89. The maximum absolute atomic E-state index is 14.6. The number of nitrogens with one attached hydrogen (secondary N) is 2. The van der Waals surface area contributed by atoms with E-state index in [2.05, 4.69) is 15.6 Å². The maximum atomic E-state index is 14.6. The summed E-state index contributed by atoms with van der Waals surface area (Å²) >= 11 is 0. The highest BCUT2D eigenvalue weighted by Gasteiger charge is 2.60. The minimum absolute atomic E-state index is 0.0927. The Hall–Kier alpha value is -3.75. The number of halogens is 6. The minimum Gasteiger partial charge on any atom is -0.350 e. The number of nitrogens with zero attached hydrogens (tertiary/aromatic N) is 1. The van der Waals surface area contributed by atoms with Crippen molar-refractivity contribution in [1.82, 2.24) is 4.98 Å². The summed E-state index contributed by atoms with van der Waals surface area (Å²) < 4.78 is 84.5. The van der Waals surface area contributed by atoms with Crippen LogP contribution in [0, 0.1) is 0 Å². The molecular formula is C24H15F6N3. The van der Waals surface area contributed by atoms with Gasteiger partial charge in [0.05, 0.1) is 22.6 Å². The first-order chi connectivity index (χ1) is 15.6. The fourth-order valence-electron chi connectivity index (χ4n) is 4.25. The molecule has 0 bridgehead atoms. The van der Waals surface area contributed by atoms with Crippen molar-refractivity contribution in [1.29, 1.82) is 0 Å². The van der Waals surface area contributed by atoms with Gasteiger partial charge in [0.2, 0.25) is 5.66 Å². The van der Waals surface area contributed by atoms with Gasteiger partial charge in [-0.05, 0) is 35.0 Å². The molecule has 3 nitrogen and oxygen atoms in total. The molecule has 0 saturated heterocycles. The lowest BCUT2D eigenvalue weighted by atomic mass is 9.89. The molecule has 1 aliphatic rings. The van der Waals surface area contributed by atoms with Crippen LogP contribution in [0.3, 0.4) is 0 Å². The maximum Gasteiger partial charge on any atom is 0.434 e. The molecule has 1 aromatic heterocycles. The molecule has 3 aromatic carbocycles. The van der Waals surface area contributed by atoms with Crippen molar-refractivity contribution in [3.05, 3.63) is 90.1 Å². The van der Waals surface area contributed by atoms with Crippen molar-refractivity contribution in [2.45, 2.75) is 18.0 Å².